The number of amides is 1. The second-order valence-corrected chi connectivity index (χ2v) is 9.50. The summed E-state index contributed by atoms with van der Waals surface area (Å²) in [6.45, 7) is 3.00. The first-order valence-electron chi connectivity index (χ1n) is 11.0. The van der Waals surface area contributed by atoms with E-state index in [9.17, 15) is 9.59 Å². The van der Waals surface area contributed by atoms with Crippen molar-refractivity contribution in [3.8, 4) is 5.75 Å². The quantitative estimate of drug-likeness (QED) is 0.617. The fourth-order valence-electron chi connectivity index (χ4n) is 4.34. The standard InChI is InChI=1S/C24H30N4O3S/c1-15-20-23(26-19-11-6-5-7-12-28(19)24(20)30)32-21(15)22(29)25-14-18(27(2)3)16-9-8-10-17(13-16)31-4/h8-10,13,18H,5-7,11-12,14H2,1-4H3,(H,25,29). The van der Waals surface area contributed by atoms with E-state index in [0.717, 1.165) is 48.4 Å². The zero-order valence-corrected chi connectivity index (χ0v) is 19.9. The number of rotatable bonds is 6. The third-order valence-corrected chi connectivity index (χ3v) is 7.36. The molecule has 4 rings (SSSR count). The van der Waals surface area contributed by atoms with E-state index in [1.165, 1.54) is 11.3 Å². The average molecular weight is 455 g/mol. The molecule has 0 spiro atoms. The van der Waals surface area contributed by atoms with Crippen LogP contribution in [-0.4, -0.2) is 48.1 Å². The topological polar surface area (TPSA) is 76.5 Å². The molecular formula is C24H30N4O3S. The van der Waals surface area contributed by atoms with Gasteiger partial charge in [-0.2, -0.15) is 0 Å². The number of hydrogen-bond acceptors (Lipinski definition) is 6. The molecule has 1 amide bonds. The van der Waals surface area contributed by atoms with Gasteiger partial charge in [0.05, 0.1) is 23.4 Å². The Balaban J connectivity index is 1.60. The van der Waals surface area contributed by atoms with E-state index in [2.05, 4.69) is 10.2 Å². The number of fused-ring (bicyclic) bond motifs is 2. The van der Waals surface area contributed by atoms with E-state index in [1.807, 2.05) is 49.9 Å². The third-order valence-electron chi connectivity index (χ3n) is 6.18. The average Bonchev–Trinajstić information content (AvgIpc) is 2.94. The molecule has 3 aromatic rings. The minimum absolute atomic E-state index is 0.0106. The van der Waals surface area contributed by atoms with E-state index in [0.29, 0.717) is 28.2 Å². The molecule has 1 aliphatic heterocycles. The Kier molecular flexibility index (Phi) is 6.62. The van der Waals surface area contributed by atoms with Gasteiger partial charge < -0.3 is 15.0 Å². The van der Waals surface area contributed by atoms with E-state index >= 15 is 0 Å². The predicted molar refractivity (Wildman–Crippen MR) is 128 cm³/mol. The Bertz CT molecular complexity index is 1200. The summed E-state index contributed by atoms with van der Waals surface area (Å²) in [6.07, 6.45) is 3.97. The lowest BCUT2D eigenvalue weighted by Gasteiger charge is -2.25. The van der Waals surface area contributed by atoms with Gasteiger partial charge in [0.15, 0.2) is 0 Å². The molecule has 7 nitrogen and oxygen atoms in total. The number of carbonyl (C=O) groups excluding carboxylic acids is 1. The number of nitrogens with one attached hydrogen (secondary N) is 1. The molecule has 0 aliphatic carbocycles. The zero-order valence-electron chi connectivity index (χ0n) is 19.1. The summed E-state index contributed by atoms with van der Waals surface area (Å²) in [4.78, 5) is 34.4. The number of hydrogen-bond donors (Lipinski definition) is 1. The fraction of sp³-hybridized carbons (Fsp3) is 0.458. The summed E-state index contributed by atoms with van der Waals surface area (Å²) in [6, 6.07) is 7.86. The maximum atomic E-state index is 13.2. The number of methoxy groups -OCH3 is 1. The van der Waals surface area contributed by atoms with Crippen LogP contribution in [0.25, 0.3) is 10.2 Å². The first-order valence-corrected chi connectivity index (χ1v) is 11.8. The monoisotopic (exact) mass is 454 g/mol. The van der Waals surface area contributed by atoms with E-state index in [4.69, 9.17) is 9.72 Å². The highest BCUT2D eigenvalue weighted by atomic mass is 32.1. The van der Waals surface area contributed by atoms with Crippen LogP contribution in [0.4, 0.5) is 0 Å². The van der Waals surface area contributed by atoms with Crippen molar-refractivity contribution in [1.29, 1.82) is 0 Å². The van der Waals surface area contributed by atoms with E-state index < -0.39 is 0 Å². The molecule has 0 saturated heterocycles. The second kappa shape index (κ2) is 9.42. The maximum absolute atomic E-state index is 13.2. The van der Waals surface area contributed by atoms with E-state index in [1.54, 1.807) is 7.11 Å². The number of carbonyl (C=O) groups is 1. The minimum Gasteiger partial charge on any atom is -0.497 e. The summed E-state index contributed by atoms with van der Waals surface area (Å²) in [5, 5.41) is 3.66. The van der Waals surface area contributed by atoms with Crippen molar-refractivity contribution in [2.24, 2.45) is 0 Å². The summed E-state index contributed by atoms with van der Waals surface area (Å²) in [5.74, 6) is 1.46. The summed E-state index contributed by atoms with van der Waals surface area (Å²) in [5.41, 5.74) is 1.77. The summed E-state index contributed by atoms with van der Waals surface area (Å²) in [7, 11) is 5.61. The molecule has 8 heteroatoms. The molecule has 0 bridgehead atoms. The molecule has 3 heterocycles. The third kappa shape index (κ3) is 4.29. The predicted octanol–water partition coefficient (Wildman–Crippen LogP) is 3.53. The highest BCUT2D eigenvalue weighted by Gasteiger charge is 2.23. The van der Waals surface area contributed by atoms with Crippen molar-refractivity contribution in [1.82, 2.24) is 19.8 Å². The highest BCUT2D eigenvalue weighted by Crippen LogP contribution is 2.29. The molecule has 170 valence electrons. The largest absolute Gasteiger partial charge is 0.497 e. The number of ether oxygens (including phenoxy) is 1. The van der Waals surface area contributed by atoms with Crippen molar-refractivity contribution < 1.29 is 9.53 Å². The van der Waals surface area contributed by atoms with Crippen LogP contribution >= 0.6 is 11.3 Å². The van der Waals surface area contributed by atoms with Crippen molar-refractivity contribution >= 4 is 27.5 Å². The number of aryl methyl sites for hydroxylation is 2. The van der Waals surface area contributed by atoms with Gasteiger partial charge in [0, 0.05) is 19.5 Å². The van der Waals surface area contributed by atoms with Gasteiger partial charge in [-0.1, -0.05) is 18.6 Å². The van der Waals surface area contributed by atoms with Gasteiger partial charge in [0.2, 0.25) is 0 Å². The molecular weight excluding hydrogens is 424 g/mol. The molecule has 0 radical (unpaired) electrons. The van der Waals surface area contributed by atoms with Crippen LogP contribution in [0.2, 0.25) is 0 Å². The molecule has 1 aliphatic rings. The molecule has 2 aromatic heterocycles. The summed E-state index contributed by atoms with van der Waals surface area (Å²) >= 11 is 1.32. The van der Waals surface area contributed by atoms with Gasteiger partial charge in [0.25, 0.3) is 11.5 Å². The molecule has 32 heavy (non-hydrogen) atoms. The van der Waals surface area contributed by atoms with Crippen LogP contribution in [0.1, 0.15) is 51.9 Å². The normalized spacial score (nSPS) is 14.8. The van der Waals surface area contributed by atoms with Gasteiger partial charge >= 0.3 is 0 Å². The molecule has 1 N–H and O–H groups in total. The van der Waals surface area contributed by atoms with Crippen molar-refractivity contribution in [2.45, 2.75) is 45.2 Å². The highest BCUT2D eigenvalue weighted by molar-refractivity contribution is 7.20. The van der Waals surface area contributed by atoms with Crippen LogP contribution in [0, 0.1) is 6.92 Å². The van der Waals surface area contributed by atoms with Crippen LogP contribution in [0.5, 0.6) is 5.75 Å². The Morgan fingerprint density at radius 1 is 1.31 bits per heavy atom. The lowest BCUT2D eigenvalue weighted by atomic mass is 10.1. The van der Waals surface area contributed by atoms with Gasteiger partial charge in [0.1, 0.15) is 16.4 Å². The Morgan fingerprint density at radius 2 is 2.12 bits per heavy atom. The zero-order chi connectivity index (χ0) is 22.8. The van der Waals surface area contributed by atoms with Crippen LogP contribution in [0.15, 0.2) is 29.1 Å². The Labute approximate surface area is 192 Å². The molecule has 1 aromatic carbocycles. The van der Waals surface area contributed by atoms with Crippen LogP contribution < -0.4 is 15.6 Å². The van der Waals surface area contributed by atoms with Gasteiger partial charge in [-0.25, -0.2) is 4.98 Å². The number of nitrogens with zero attached hydrogens (tertiary/aromatic N) is 3. The molecule has 1 unspecified atom stereocenters. The van der Waals surface area contributed by atoms with Crippen LogP contribution in [-0.2, 0) is 13.0 Å². The number of likely N-dealkylation sites (N-methyl/N-ethyl adjacent to an activating group) is 1. The SMILES string of the molecule is COc1cccc(C(CNC(=O)c2sc3nc4n(c(=O)c3c2C)CCCCC4)N(C)C)c1. The first kappa shape index (κ1) is 22.5. The van der Waals surface area contributed by atoms with Crippen LogP contribution in [0.3, 0.4) is 0 Å². The van der Waals surface area contributed by atoms with Crippen molar-refractivity contribution in [3.63, 3.8) is 0 Å². The number of benzene rings is 1. The maximum Gasteiger partial charge on any atom is 0.262 e. The second-order valence-electron chi connectivity index (χ2n) is 8.50. The van der Waals surface area contributed by atoms with Gasteiger partial charge in [-0.15, -0.1) is 11.3 Å². The number of thiophene rings is 1. The smallest absolute Gasteiger partial charge is 0.262 e. The number of aromatic nitrogens is 2. The lowest BCUT2D eigenvalue weighted by molar-refractivity contribution is 0.0945. The van der Waals surface area contributed by atoms with Crippen molar-refractivity contribution in [2.75, 3.05) is 27.7 Å². The first-order chi connectivity index (χ1) is 15.4. The Morgan fingerprint density at radius 3 is 2.88 bits per heavy atom. The fourth-order valence-corrected chi connectivity index (χ4v) is 5.45. The lowest BCUT2D eigenvalue weighted by Crippen LogP contribution is -2.34. The molecule has 0 fully saturated rings. The van der Waals surface area contributed by atoms with Crippen molar-refractivity contribution in [3.05, 3.63) is 56.4 Å². The van der Waals surface area contributed by atoms with Gasteiger partial charge in [-0.05, 0) is 57.1 Å². The molecule has 1 atom stereocenters. The minimum atomic E-state index is -0.167. The molecule has 0 saturated carbocycles. The Hall–Kier alpha value is -2.71. The van der Waals surface area contributed by atoms with Gasteiger partial charge in [-0.3, -0.25) is 14.2 Å². The summed E-state index contributed by atoms with van der Waals surface area (Å²) < 4.78 is 7.15. The van der Waals surface area contributed by atoms with E-state index in [-0.39, 0.29) is 17.5 Å².